The van der Waals surface area contributed by atoms with E-state index in [1.165, 1.54) is 29.2 Å². The summed E-state index contributed by atoms with van der Waals surface area (Å²) in [6.45, 7) is 0.448. The molecule has 4 nitrogen and oxygen atoms in total. The lowest BCUT2D eigenvalue weighted by Crippen LogP contribution is -2.37. The molecular weight excluding hydrogens is 297 g/mol. The molecule has 0 fully saturated rings. The van der Waals surface area contributed by atoms with Gasteiger partial charge in [0.25, 0.3) is 0 Å². The Bertz CT molecular complexity index is 464. The summed E-state index contributed by atoms with van der Waals surface area (Å²) in [5.41, 5.74) is -0.0151. The van der Waals surface area contributed by atoms with Gasteiger partial charge in [-0.25, -0.2) is 0 Å². The minimum atomic E-state index is -4.57. The third kappa shape index (κ3) is 6.03. The van der Waals surface area contributed by atoms with Gasteiger partial charge in [-0.15, -0.1) is 0 Å². The molecule has 1 aromatic rings. The molecular formula is C15H21F3N2O2. The minimum absolute atomic E-state index is 0.0151. The average Bonchev–Trinajstić information content (AvgIpc) is 2.44. The molecule has 124 valence electrons. The predicted octanol–water partition coefficient (Wildman–Crippen LogP) is 2.33. The van der Waals surface area contributed by atoms with E-state index in [-0.39, 0.29) is 5.56 Å². The van der Waals surface area contributed by atoms with Crippen LogP contribution in [0.4, 0.5) is 13.2 Å². The van der Waals surface area contributed by atoms with Gasteiger partial charge in [0.2, 0.25) is 5.91 Å². The first-order valence-corrected chi connectivity index (χ1v) is 6.83. The number of benzene rings is 1. The number of hydrogen-bond acceptors (Lipinski definition) is 3. The molecule has 1 amide bonds. The van der Waals surface area contributed by atoms with Gasteiger partial charge in [-0.1, -0.05) is 30.3 Å². The van der Waals surface area contributed by atoms with Gasteiger partial charge in [0.05, 0.1) is 0 Å². The van der Waals surface area contributed by atoms with Crippen LogP contribution in [0, 0.1) is 0 Å². The monoisotopic (exact) mass is 318 g/mol. The molecule has 0 aliphatic rings. The number of amides is 1. The van der Waals surface area contributed by atoms with E-state index in [9.17, 15) is 18.0 Å². The Labute approximate surface area is 128 Å². The largest absolute Gasteiger partial charge is 0.418 e. The van der Waals surface area contributed by atoms with Crippen molar-refractivity contribution in [1.82, 2.24) is 9.80 Å². The van der Waals surface area contributed by atoms with Crippen molar-refractivity contribution in [3.8, 4) is 0 Å². The molecule has 0 aliphatic heterocycles. The molecule has 0 spiro atoms. The zero-order valence-electron chi connectivity index (χ0n) is 12.9. The van der Waals surface area contributed by atoms with Gasteiger partial charge in [-0.2, -0.15) is 13.2 Å². The van der Waals surface area contributed by atoms with Gasteiger partial charge >= 0.3 is 6.18 Å². The van der Waals surface area contributed by atoms with Crippen molar-refractivity contribution in [3.05, 3.63) is 35.9 Å². The lowest BCUT2D eigenvalue weighted by Gasteiger charge is -2.23. The van der Waals surface area contributed by atoms with Crippen LogP contribution in [-0.2, 0) is 9.53 Å². The second-order valence-electron chi connectivity index (χ2n) is 5.26. The number of nitrogens with zero attached hydrogens (tertiary/aromatic N) is 2. The van der Waals surface area contributed by atoms with Crippen LogP contribution in [-0.4, -0.2) is 62.7 Å². The highest BCUT2D eigenvalue weighted by atomic mass is 19.4. The van der Waals surface area contributed by atoms with Crippen LogP contribution in [0.5, 0.6) is 0 Å². The lowest BCUT2D eigenvalue weighted by molar-refractivity contribution is -0.224. The SMILES string of the molecule is CN(C)CCN(C)C(=O)COC(c1ccccc1)C(F)(F)F. The highest BCUT2D eigenvalue weighted by molar-refractivity contribution is 5.77. The Balaban J connectivity index is 2.63. The first kappa shape index (κ1) is 18.4. The molecule has 0 bridgehead atoms. The summed E-state index contributed by atoms with van der Waals surface area (Å²) >= 11 is 0. The summed E-state index contributed by atoms with van der Waals surface area (Å²) in [5, 5.41) is 0. The highest BCUT2D eigenvalue weighted by Crippen LogP contribution is 2.35. The topological polar surface area (TPSA) is 32.8 Å². The zero-order chi connectivity index (χ0) is 16.8. The summed E-state index contributed by atoms with van der Waals surface area (Å²) in [4.78, 5) is 15.1. The van der Waals surface area contributed by atoms with E-state index in [2.05, 4.69) is 0 Å². The predicted molar refractivity (Wildman–Crippen MR) is 77.4 cm³/mol. The fraction of sp³-hybridized carbons (Fsp3) is 0.533. The van der Waals surface area contributed by atoms with E-state index in [1.807, 2.05) is 19.0 Å². The molecule has 1 unspecified atom stereocenters. The van der Waals surface area contributed by atoms with E-state index in [0.717, 1.165) is 0 Å². The van der Waals surface area contributed by atoms with Gasteiger partial charge in [0.1, 0.15) is 6.61 Å². The Kier molecular flexibility index (Phi) is 6.83. The first-order chi connectivity index (χ1) is 10.2. The number of carbonyl (C=O) groups excluding carboxylic acids is 1. The number of carbonyl (C=O) groups is 1. The normalized spacial score (nSPS) is 13.2. The van der Waals surface area contributed by atoms with Crippen LogP contribution in [0.1, 0.15) is 11.7 Å². The summed E-state index contributed by atoms with van der Waals surface area (Å²) in [7, 11) is 5.24. The van der Waals surface area contributed by atoms with Crippen LogP contribution >= 0.6 is 0 Å². The van der Waals surface area contributed by atoms with Gasteiger partial charge in [-0.05, 0) is 19.7 Å². The minimum Gasteiger partial charge on any atom is -0.354 e. The Morgan fingerprint density at radius 3 is 2.23 bits per heavy atom. The molecule has 1 aromatic carbocycles. The second-order valence-corrected chi connectivity index (χ2v) is 5.26. The number of alkyl halides is 3. The van der Waals surface area contributed by atoms with Crippen LogP contribution in [0.3, 0.4) is 0 Å². The quantitative estimate of drug-likeness (QED) is 0.773. The maximum Gasteiger partial charge on any atom is 0.418 e. The number of likely N-dealkylation sites (N-methyl/N-ethyl adjacent to an activating group) is 2. The van der Waals surface area contributed by atoms with Gasteiger partial charge in [0.15, 0.2) is 6.10 Å². The fourth-order valence-corrected chi connectivity index (χ4v) is 1.75. The van der Waals surface area contributed by atoms with Crippen LogP contribution in [0.15, 0.2) is 30.3 Å². The molecule has 0 radical (unpaired) electrons. The van der Waals surface area contributed by atoms with Crippen molar-refractivity contribution >= 4 is 5.91 Å². The fourth-order valence-electron chi connectivity index (χ4n) is 1.75. The molecule has 22 heavy (non-hydrogen) atoms. The molecule has 0 aliphatic carbocycles. The number of rotatable bonds is 7. The Morgan fingerprint density at radius 1 is 1.14 bits per heavy atom. The Morgan fingerprint density at radius 2 is 1.73 bits per heavy atom. The molecule has 0 saturated carbocycles. The third-order valence-electron chi connectivity index (χ3n) is 3.08. The average molecular weight is 318 g/mol. The summed E-state index contributed by atoms with van der Waals surface area (Å²) in [6.07, 6.45) is -6.66. The van der Waals surface area contributed by atoms with Crippen molar-refractivity contribution in [3.63, 3.8) is 0 Å². The summed E-state index contributed by atoms with van der Waals surface area (Å²) in [5.74, 6) is -0.480. The molecule has 7 heteroatoms. The van der Waals surface area contributed by atoms with Crippen LogP contribution < -0.4 is 0 Å². The maximum absolute atomic E-state index is 13.1. The third-order valence-corrected chi connectivity index (χ3v) is 3.08. The van der Waals surface area contributed by atoms with E-state index in [1.54, 1.807) is 13.1 Å². The van der Waals surface area contributed by atoms with Gasteiger partial charge in [-0.3, -0.25) is 4.79 Å². The van der Waals surface area contributed by atoms with E-state index in [4.69, 9.17) is 4.74 Å². The molecule has 0 heterocycles. The molecule has 0 saturated heterocycles. The Hall–Kier alpha value is -1.60. The van der Waals surface area contributed by atoms with Gasteiger partial charge in [0, 0.05) is 20.1 Å². The molecule has 1 atom stereocenters. The molecule has 1 rings (SSSR count). The summed E-state index contributed by atoms with van der Waals surface area (Å²) in [6, 6.07) is 7.29. The van der Waals surface area contributed by atoms with E-state index < -0.39 is 24.8 Å². The highest BCUT2D eigenvalue weighted by Gasteiger charge is 2.42. The van der Waals surface area contributed by atoms with E-state index >= 15 is 0 Å². The van der Waals surface area contributed by atoms with E-state index in [0.29, 0.717) is 13.1 Å². The van der Waals surface area contributed by atoms with Gasteiger partial charge < -0.3 is 14.5 Å². The van der Waals surface area contributed by atoms with Crippen molar-refractivity contribution in [2.24, 2.45) is 0 Å². The molecule has 0 aromatic heterocycles. The molecule has 0 N–H and O–H groups in total. The standard InChI is InChI=1S/C15H21F3N2O2/c1-19(2)9-10-20(3)13(21)11-22-14(15(16,17)18)12-7-5-4-6-8-12/h4-8,14H,9-11H2,1-3H3. The zero-order valence-corrected chi connectivity index (χ0v) is 12.9. The smallest absolute Gasteiger partial charge is 0.354 e. The van der Waals surface area contributed by atoms with Crippen LogP contribution in [0.2, 0.25) is 0 Å². The van der Waals surface area contributed by atoms with Crippen molar-refractivity contribution in [2.75, 3.05) is 40.8 Å². The summed E-state index contributed by atoms with van der Waals surface area (Å²) < 4.78 is 44.0. The van der Waals surface area contributed by atoms with Crippen molar-refractivity contribution in [2.45, 2.75) is 12.3 Å². The maximum atomic E-state index is 13.1. The van der Waals surface area contributed by atoms with Crippen LogP contribution in [0.25, 0.3) is 0 Å². The van der Waals surface area contributed by atoms with Crippen molar-refractivity contribution < 1.29 is 22.7 Å². The second kappa shape index (κ2) is 8.14. The first-order valence-electron chi connectivity index (χ1n) is 6.83. The number of halogens is 3. The van der Waals surface area contributed by atoms with Crippen molar-refractivity contribution in [1.29, 1.82) is 0 Å². The number of hydrogen-bond donors (Lipinski definition) is 0. The lowest BCUT2D eigenvalue weighted by atomic mass is 10.1. The number of ether oxygens (including phenoxy) is 1.